The van der Waals surface area contributed by atoms with Crippen molar-refractivity contribution in [2.75, 3.05) is 0 Å². The Hall–Kier alpha value is -1.06. The molecule has 0 radical (unpaired) electrons. The minimum absolute atomic E-state index is 0.0590. The SMILES string of the molecule is CC1CC(=O)NN=C1c1ccc(Cl)c(Cl)c1. The fraction of sp³-hybridized carbons (Fsp3) is 0.273. The number of nitrogens with zero attached hydrogens (tertiary/aromatic N) is 1. The number of benzene rings is 1. The van der Waals surface area contributed by atoms with Gasteiger partial charge in [0.25, 0.3) is 0 Å². The summed E-state index contributed by atoms with van der Waals surface area (Å²) >= 11 is 11.8. The van der Waals surface area contributed by atoms with Gasteiger partial charge in [0.05, 0.1) is 15.8 Å². The predicted molar refractivity (Wildman–Crippen MR) is 64.9 cm³/mol. The Morgan fingerprint density at radius 3 is 2.75 bits per heavy atom. The maximum atomic E-state index is 11.1. The van der Waals surface area contributed by atoms with Gasteiger partial charge in [-0.25, -0.2) is 5.43 Å². The lowest BCUT2D eigenvalue weighted by molar-refractivity contribution is -0.121. The van der Waals surface area contributed by atoms with Crippen LogP contribution in [0.2, 0.25) is 10.0 Å². The number of hydrogen-bond acceptors (Lipinski definition) is 2. The number of carbonyl (C=O) groups is 1. The molecular weight excluding hydrogens is 247 g/mol. The van der Waals surface area contributed by atoms with Gasteiger partial charge in [-0.3, -0.25) is 4.79 Å². The van der Waals surface area contributed by atoms with Crippen molar-refractivity contribution in [3.63, 3.8) is 0 Å². The van der Waals surface area contributed by atoms with Crippen molar-refractivity contribution in [1.29, 1.82) is 0 Å². The normalized spacial score (nSPS) is 20.3. The lowest BCUT2D eigenvalue weighted by Crippen LogP contribution is -2.31. The first-order valence-corrected chi connectivity index (χ1v) is 5.65. The molecule has 3 nitrogen and oxygen atoms in total. The summed E-state index contributed by atoms with van der Waals surface area (Å²) in [4.78, 5) is 11.1. The third kappa shape index (κ3) is 2.20. The summed E-state index contributed by atoms with van der Waals surface area (Å²) in [5.74, 6) is 0.0299. The van der Waals surface area contributed by atoms with Gasteiger partial charge in [0.15, 0.2) is 0 Å². The second-order valence-corrected chi connectivity index (χ2v) is 4.58. The molecule has 1 aliphatic rings. The monoisotopic (exact) mass is 256 g/mol. The minimum atomic E-state index is -0.0590. The minimum Gasteiger partial charge on any atom is -0.273 e. The van der Waals surface area contributed by atoms with E-state index in [0.717, 1.165) is 11.3 Å². The van der Waals surface area contributed by atoms with Crippen LogP contribution in [0.25, 0.3) is 0 Å². The molecule has 0 saturated carbocycles. The van der Waals surface area contributed by atoms with Crippen LogP contribution in [0.5, 0.6) is 0 Å². The smallest absolute Gasteiger partial charge is 0.240 e. The van der Waals surface area contributed by atoms with Crippen LogP contribution < -0.4 is 5.43 Å². The van der Waals surface area contributed by atoms with E-state index >= 15 is 0 Å². The van der Waals surface area contributed by atoms with Crippen LogP contribution in [0, 0.1) is 5.92 Å². The van der Waals surface area contributed by atoms with Gasteiger partial charge in [0.2, 0.25) is 5.91 Å². The molecule has 2 rings (SSSR count). The highest BCUT2D eigenvalue weighted by Gasteiger charge is 2.21. The molecule has 0 fully saturated rings. The van der Waals surface area contributed by atoms with Gasteiger partial charge < -0.3 is 0 Å². The summed E-state index contributed by atoms with van der Waals surface area (Å²) in [5.41, 5.74) is 4.19. The largest absolute Gasteiger partial charge is 0.273 e. The third-order valence-corrected chi connectivity index (χ3v) is 3.21. The molecule has 1 N–H and O–H groups in total. The number of amides is 1. The van der Waals surface area contributed by atoms with Gasteiger partial charge in [0.1, 0.15) is 0 Å². The van der Waals surface area contributed by atoms with E-state index in [9.17, 15) is 4.79 Å². The molecule has 1 heterocycles. The molecule has 5 heteroatoms. The van der Waals surface area contributed by atoms with Crippen LogP contribution in [-0.2, 0) is 4.79 Å². The Morgan fingerprint density at radius 1 is 1.38 bits per heavy atom. The fourth-order valence-electron chi connectivity index (χ4n) is 1.66. The summed E-state index contributed by atoms with van der Waals surface area (Å²) in [6, 6.07) is 5.34. The average Bonchev–Trinajstić information content (AvgIpc) is 2.22. The molecule has 1 aromatic rings. The average molecular weight is 257 g/mol. The number of hydrogen-bond donors (Lipinski definition) is 1. The van der Waals surface area contributed by atoms with Crippen LogP contribution in [0.3, 0.4) is 0 Å². The standard InChI is InChI=1S/C11H10Cl2N2O/c1-6-4-10(16)14-15-11(6)7-2-3-8(12)9(13)5-7/h2-3,5-6H,4H2,1H3,(H,14,16). The van der Waals surface area contributed by atoms with Crippen LogP contribution >= 0.6 is 23.2 Å². The van der Waals surface area contributed by atoms with E-state index in [0.29, 0.717) is 16.5 Å². The predicted octanol–water partition coefficient (Wildman–Crippen LogP) is 2.85. The van der Waals surface area contributed by atoms with Crippen LogP contribution in [0.1, 0.15) is 18.9 Å². The first-order valence-electron chi connectivity index (χ1n) is 4.90. The van der Waals surface area contributed by atoms with E-state index in [1.54, 1.807) is 12.1 Å². The first kappa shape index (κ1) is 11.4. The highest BCUT2D eigenvalue weighted by atomic mass is 35.5. The molecule has 1 aliphatic heterocycles. The lowest BCUT2D eigenvalue weighted by Gasteiger charge is -2.19. The van der Waals surface area contributed by atoms with Crippen molar-refractivity contribution >= 4 is 34.8 Å². The van der Waals surface area contributed by atoms with Crippen molar-refractivity contribution in [3.8, 4) is 0 Å². The van der Waals surface area contributed by atoms with Crippen LogP contribution in [0.4, 0.5) is 0 Å². The summed E-state index contributed by atoms with van der Waals surface area (Å²) < 4.78 is 0. The molecule has 0 saturated heterocycles. The van der Waals surface area contributed by atoms with Crippen molar-refractivity contribution in [1.82, 2.24) is 5.43 Å². The fourth-order valence-corrected chi connectivity index (χ4v) is 1.96. The number of nitrogens with one attached hydrogen (secondary N) is 1. The molecule has 1 atom stereocenters. The van der Waals surface area contributed by atoms with E-state index in [-0.39, 0.29) is 11.8 Å². The van der Waals surface area contributed by atoms with E-state index in [1.165, 1.54) is 0 Å². The Morgan fingerprint density at radius 2 is 2.12 bits per heavy atom. The Labute approximate surface area is 103 Å². The number of rotatable bonds is 1. The van der Waals surface area contributed by atoms with Crippen LogP contribution in [-0.4, -0.2) is 11.6 Å². The van der Waals surface area contributed by atoms with Crippen LogP contribution in [0.15, 0.2) is 23.3 Å². The van der Waals surface area contributed by atoms with Gasteiger partial charge in [-0.05, 0) is 17.7 Å². The van der Waals surface area contributed by atoms with Crippen molar-refractivity contribution in [2.45, 2.75) is 13.3 Å². The Kier molecular flexibility index (Phi) is 3.17. The van der Waals surface area contributed by atoms with Gasteiger partial charge in [-0.15, -0.1) is 0 Å². The maximum Gasteiger partial charge on any atom is 0.240 e. The zero-order chi connectivity index (χ0) is 11.7. The molecule has 0 aromatic heterocycles. The molecule has 84 valence electrons. The number of hydrazone groups is 1. The van der Waals surface area contributed by atoms with Crippen molar-refractivity contribution in [2.24, 2.45) is 11.0 Å². The lowest BCUT2D eigenvalue weighted by atomic mass is 9.94. The van der Waals surface area contributed by atoms with Gasteiger partial charge in [-0.2, -0.15) is 5.10 Å². The second-order valence-electron chi connectivity index (χ2n) is 3.77. The highest BCUT2D eigenvalue weighted by Crippen LogP contribution is 2.25. The molecule has 0 aliphatic carbocycles. The van der Waals surface area contributed by atoms with E-state index < -0.39 is 0 Å². The zero-order valence-electron chi connectivity index (χ0n) is 8.63. The van der Waals surface area contributed by atoms with Crippen molar-refractivity contribution in [3.05, 3.63) is 33.8 Å². The molecule has 16 heavy (non-hydrogen) atoms. The van der Waals surface area contributed by atoms with E-state index in [2.05, 4.69) is 10.5 Å². The Balaban J connectivity index is 2.37. The zero-order valence-corrected chi connectivity index (χ0v) is 10.1. The molecule has 0 bridgehead atoms. The topological polar surface area (TPSA) is 41.5 Å². The third-order valence-electron chi connectivity index (χ3n) is 2.47. The summed E-state index contributed by atoms with van der Waals surface area (Å²) in [6.45, 7) is 1.96. The summed E-state index contributed by atoms with van der Waals surface area (Å²) in [6.07, 6.45) is 0.444. The summed E-state index contributed by atoms with van der Waals surface area (Å²) in [5, 5.41) is 5.05. The maximum absolute atomic E-state index is 11.1. The van der Waals surface area contributed by atoms with Gasteiger partial charge >= 0.3 is 0 Å². The molecule has 1 amide bonds. The molecular formula is C11H10Cl2N2O. The number of halogens is 2. The van der Waals surface area contributed by atoms with Gasteiger partial charge in [0, 0.05) is 12.3 Å². The quantitative estimate of drug-likeness (QED) is 0.825. The van der Waals surface area contributed by atoms with Gasteiger partial charge in [-0.1, -0.05) is 36.2 Å². The van der Waals surface area contributed by atoms with Crippen molar-refractivity contribution < 1.29 is 4.79 Å². The second kappa shape index (κ2) is 4.44. The van der Waals surface area contributed by atoms with E-state index in [4.69, 9.17) is 23.2 Å². The number of carbonyl (C=O) groups excluding carboxylic acids is 1. The summed E-state index contributed by atoms with van der Waals surface area (Å²) in [7, 11) is 0. The Bertz CT molecular complexity index is 471. The molecule has 1 unspecified atom stereocenters. The van der Waals surface area contributed by atoms with E-state index in [1.807, 2.05) is 13.0 Å². The highest BCUT2D eigenvalue weighted by molar-refractivity contribution is 6.42. The molecule has 0 spiro atoms. The first-order chi connectivity index (χ1) is 7.58. The molecule has 1 aromatic carbocycles.